The lowest BCUT2D eigenvalue weighted by atomic mass is 9.85. The summed E-state index contributed by atoms with van der Waals surface area (Å²) in [6.45, 7) is 13.0. The van der Waals surface area contributed by atoms with Crippen LogP contribution in [0.1, 0.15) is 58.6 Å². The first-order chi connectivity index (χ1) is 9.95. The molecule has 1 fully saturated rings. The molecular formula is C19H31NO. The van der Waals surface area contributed by atoms with E-state index in [1.54, 1.807) is 0 Å². The molecule has 0 radical (unpaired) electrons. The van der Waals surface area contributed by atoms with E-state index in [9.17, 15) is 0 Å². The molecule has 0 amide bonds. The van der Waals surface area contributed by atoms with Gasteiger partial charge in [-0.3, -0.25) is 0 Å². The normalized spacial score (nSPS) is 16.8. The van der Waals surface area contributed by atoms with Crippen LogP contribution in [0, 0.1) is 5.92 Å². The molecule has 1 N–H and O–H groups in total. The van der Waals surface area contributed by atoms with E-state index in [-0.39, 0.29) is 5.41 Å². The third-order valence-electron chi connectivity index (χ3n) is 4.34. The third-order valence-corrected chi connectivity index (χ3v) is 4.34. The van der Waals surface area contributed by atoms with Crippen molar-refractivity contribution in [3.05, 3.63) is 29.3 Å². The Morgan fingerprint density at radius 1 is 1.24 bits per heavy atom. The molecule has 0 heterocycles. The maximum Gasteiger partial charge on any atom is 0.123 e. The molecule has 1 saturated carbocycles. The lowest BCUT2D eigenvalue weighted by molar-refractivity contribution is 0.246. The Balaban J connectivity index is 2.11. The Kier molecular flexibility index (Phi) is 5.32. The highest BCUT2D eigenvalue weighted by atomic mass is 16.5. The summed E-state index contributed by atoms with van der Waals surface area (Å²) in [5.74, 6) is 1.88. The lowest BCUT2D eigenvalue weighted by Crippen LogP contribution is -2.36. The number of aryl methyl sites for hydroxylation is 1. The smallest absolute Gasteiger partial charge is 0.123 e. The van der Waals surface area contributed by atoms with Crippen LogP contribution in [0.3, 0.4) is 0 Å². The molecule has 0 saturated heterocycles. The molecule has 0 bridgehead atoms. The Morgan fingerprint density at radius 2 is 1.95 bits per heavy atom. The Bertz CT molecular complexity index is 457. The zero-order chi connectivity index (χ0) is 15.5. The first-order valence-electron chi connectivity index (χ1n) is 8.45. The zero-order valence-corrected chi connectivity index (χ0v) is 14.3. The molecule has 1 unspecified atom stereocenters. The highest BCUT2D eigenvalue weighted by Crippen LogP contribution is 2.35. The lowest BCUT2D eigenvalue weighted by Gasteiger charge is -2.25. The molecule has 0 aliphatic heterocycles. The average Bonchev–Trinajstić information content (AvgIpc) is 3.27. The second-order valence-corrected chi connectivity index (χ2v) is 7.25. The van der Waals surface area contributed by atoms with Gasteiger partial charge >= 0.3 is 0 Å². The maximum absolute atomic E-state index is 6.22. The topological polar surface area (TPSA) is 21.3 Å². The van der Waals surface area contributed by atoms with E-state index < -0.39 is 0 Å². The van der Waals surface area contributed by atoms with E-state index in [1.165, 1.54) is 24.0 Å². The van der Waals surface area contributed by atoms with Gasteiger partial charge in [-0.25, -0.2) is 0 Å². The third kappa shape index (κ3) is 4.47. The number of benzene rings is 1. The van der Waals surface area contributed by atoms with Gasteiger partial charge in [0.25, 0.3) is 0 Å². The fourth-order valence-electron chi connectivity index (χ4n) is 2.81. The van der Waals surface area contributed by atoms with Crippen molar-refractivity contribution in [2.45, 2.75) is 65.3 Å². The van der Waals surface area contributed by atoms with Crippen molar-refractivity contribution < 1.29 is 4.74 Å². The van der Waals surface area contributed by atoms with Gasteiger partial charge in [0, 0.05) is 6.04 Å². The molecule has 0 spiro atoms. The summed E-state index contributed by atoms with van der Waals surface area (Å²) in [4.78, 5) is 0. The standard InChI is InChI=1S/C19H31NO/c1-6-14-8-11-18(16(12-14)19(3,4)5)21-13-17(20-7-2)15-9-10-15/h8,11-12,15,17,20H,6-7,9-10,13H2,1-5H3. The fourth-order valence-corrected chi connectivity index (χ4v) is 2.81. The summed E-state index contributed by atoms with van der Waals surface area (Å²) in [5, 5.41) is 3.57. The number of hydrogen-bond acceptors (Lipinski definition) is 2. The van der Waals surface area contributed by atoms with Gasteiger partial charge < -0.3 is 10.1 Å². The van der Waals surface area contributed by atoms with Gasteiger partial charge in [-0.1, -0.05) is 46.8 Å². The van der Waals surface area contributed by atoms with Crippen LogP contribution in [-0.4, -0.2) is 19.2 Å². The average molecular weight is 289 g/mol. The highest BCUT2D eigenvalue weighted by molar-refractivity contribution is 5.41. The first kappa shape index (κ1) is 16.4. The molecule has 2 heteroatoms. The second kappa shape index (κ2) is 6.83. The first-order valence-corrected chi connectivity index (χ1v) is 8.45. The number of nitrogens with one attached hydrogen (secondary N) is 1. The predicted octanol–water partition coefficient (Wildman–Crippen LogP) is 4.31. The highest BCUT2D eigenvalue weighted by Gasteiger charge is 2.31. The van der Waals surface area contributed by atoms with Crippen molar-refractivity contribution in [1.82, 2.24) is 5.32 Å². The molecule has 1 aromatic carbocycles. The van der Waals surface area contributed by atoms with Crippen molar-refractivity contribution in [1.29, 1.82) is 0 Å². The molecule has 2 rings (SSSR count). The van der Waals surface area contributed by atoms with E-state index in [2.05, 4.69) is 58.1 Å². The van der Waals surface area contributed by atoms with Gasteiger partial charge in [0.15, 0.2) is 0 Å². The summed E-state index contributed by atoms with van der Waals surface area (Å²) in [6, 6.07) is 7.18. The number of likely N-dealkylation sites (N-methyl/N-ethyl adjacent to an activating group) is 1. The van der Waals surface area contributed by atoms with Crippen LogP contribution in [0.15, 0.2) is 18.2 Å². The summed E-state index contributed by atoms with van der Waals surface area (Å²) >= 11 is 0. The summed E-state index contributed by atoms with van der Waals surface area (Å²) in [6.07, 6.45) is 3.77. The predicted molar refractivity (Wildman–Crippen MR) is 90.2 cm³/mol. The van der Waals surface area contributed by atoms with E-state index in [4.69, 9.17) is 4.74 Å². The van der Waals surface area contributed by atoms with Gasteiger partial charge in [0.1, 0.15) is 12.4 Å². The second-order valence-electron chi connectivity index (χ2n) is 7.25. The minimum absolute atomic E-state index is 0.119. The SMILES string of the molecule is CCNC(COc1ccc(CC)cc1C(C)(C)C)C1CC1. The van der Waals surface area contributed by atoms with Crippen LogP contribution in [0.2, 0.25) is 0 Å². The van der Waals surface area contributed by atoms with Gasteiger partial charge in [-0.2, -0.15) is 0 Å². The van der Waals surface area contributed by atoms with Crippen LogP contribution >= 0.6 is 0 Å². The summed E-state index contributed by atoms with van der Waals surface area (Å²) in [7, 11) is 0. The Labute approximate surface area is 130 Å². The van der Waals surface area contributed by atoms with Crippen LogP contribution < -0.4 is 10.1 Å². The van der Waals surface area contributed by atoms with Crippen molar-refractivity contribution in [2.24, 2.45) is 5.92 Å². The molecule has 1 aliphatic rings. The van der Waals surface area contributed by atoms with Crippen molar-refractivity contribution in [3.63, 3.8) is 0 Å². The zero-order valence-electron chi connectivity index (χ0n) is 14.3. The minimum Gasteiger partial charge on any atom is -0.492 e. The quantitative estimate of drug-likeness (QED) is 0.807. The Hall–Kier alpha value is -1.02. The minimum atomic E-state index is 0.119. The molecule has 1 aromatic rings. The summed E-state index contributed by atoms with van der Waals surface area (Å²) in [5.41, 5.74) is 2.83. The van der Waals surface area contributed by atoms with E-state index in [1.807, 2.05) is 0 Å². The van der Waals surface area contributed by atoms with Gasteiger partial charge in [0.2, 0.25) is 0 Å². The number of ether oxygens (including phenoxy) is 1. The van der Waals surface area contributed by atoms with Crippen LogP contribution in [0.5, 0.6) is 5.75 Å². The van der Waals surface area contributed by atoms with E-state index in [0.717, 1.165) is 31.2 Å². The molecule has 1 aliphatic carbocycles. The molecule has 2 nitrogen and oxygen atoms in total. The van der Waals surface area contributed by atoms with Crippen LogP contribution in [-0.2, 0) is 11.8 Å². The van der Waals surface area contributed by atoms with Crippen molar-refractivity contribution >= 4 is 0 Å². The monoisotopic (exact) mass is 289 g/mol. The van der Waals surface area contributed by atoms with E-state index >= 15 is 0 Å². The molecule has 118 valence electrons. The van der Waals surface area contributed by atoms with E-state index in [0.29, 0.717) is 6.04 Å². The largest absolute Gasteiger partial charge is 0.492 e. The molecule has 1 atom stereocenters. The number of rotatable bonds is 7. The Morgan fingerprint density at radius 3 is 2.48 bits per heavy atom. The molecule has 21 heavy (non-hydrogen) atoms. The van der Waals surface area contributed by atoms with Gasteiger partial charge in [0.05, 0.1) is 0 Å². The van der Waals surface area contributed by atoms with Crippen LogP contribution in [0.25, 0.3) is 0 Å². The number of hydrogen-bond donors (Lipinski definition) is 1. The van der Waals surface area contributed by atoms with Crippen molar-refractivity contribution in [3.8, 4) is 5.75 Å². The fraction of sp³-hybridized carbons (Fsp3) is 0.684. The van der Waals surface area contributed by atoms with Crippen molar-refractivity contribution in [2.75, 3.05) is 13.2 Å². The van der Waals surface area contributed by atoms with Gasteiger partial charge in [-0.15, -0.1) is 0 Å². The van der Waals surface area contributed by atoms with Crippen LogP contribution in [0.4, 0.5) is 0 Å². The van der Waals surface area contributed by atoms with Gasteiger partial charge in [-0.05, 0) is 54.3 Å². The molecule has 0 aromatic heterocycles. The molecular weight excluding hydrogens is 258 g/mol. The summed E-state index contributed by atoms with van der Waals surface area (Å²) < 4.78 is 6.22. The maximum atomic E-state index is 6.22.